The predicted octanol–water partition coefficient (Wildman–Crippen LogP) is 1.46. The number of carbonyl (C=O) groups excluding carboxylic acids is 1. The second kappa shape index (κ2) is 5.12. The monoisotopic (exact) mass is 221 g/mol. The van der Waals surface area contributed by atoms with Crippen molar-refractivity contribution in [2.45, 2.75) is 32.3 Å². The Hall–Kier alpha value is -1.35. The van der Waals surface area contributed by atoms with Gasteiger partial charge in [0.2, 0.25) is 5.91 Å². The van der Waals surface area contributed by atoms with Gasteiger partial charge in [0.1, 0.15) is 0 Å². The van der Waals surface area contributed by atoms with E-state index in [1.54, 1.807) is 6.92 Å². The Labute approximate surface area is 96.5 Å². The second-order valence-electron chi connectivity index (χ2n) is 4.55. The largest absolute Gasteiger partial charge is 0.392 e. The van der Waals surface area contributed by atoms with E-state index in [-0.39, 0.29) is 12.5 Å². The first-order valence-corrected chi connectivity index (χ1v) is 5.46. The highest BCUT2D eigenvalue weighted by Crippen LogP contribution is 2.22. The van der Waals surface area contributed by atoms with E-state index in [0.29, 0.717) is 0 Å². The van der Waals surface area contributed by atoms with Gasteiger partial charge in [0.05, 0.1) is 11.5 Å². The van der Waals surface area contributed by atoms with Gasteiger partial charge in [-0.3, -0.25) is 4.79 Å². The van der Waals surface area contributed by atoms with Crippen LogP contribution in [0.25, 0.3) is 0 Å². The highest BCUT2D eigenvalue weighted by Gasteiger charge is 2.29. The number of hydrogen-bond donors (Lipinski definition) is 2. The van der Waals surface area contributed by atoms with Crippen LogP contribution in [0.1, 0.15) is 26.3 Å². The van der Waals surface area contributed by atoms with Crippen molar-refractivity contribution in [2.75, 3.05) is 6.54 Å². The SMILES string of the molecule is CC(O)CNC(=O)C(C)(C)c1ccccc1. The Balaban J connectivity index is 2.74. The molecule has 1 atom stereocenters. The molecule has 0 fully saturated rings. The Morgan fingerprint density at radius 3 is 2.44 bits per heavy atom. The van der Waals surface area contributed by atoms with Crippen LogP contribution in [0, 0.1) is 0 Å². The molecule has 0 spiro atoms. The van der Waals surface area contributed by atoms with Crippen LogP contribution in [0.2, 0.25) is 0 Å². The van der Waals surface area contributed by atoms with E-state index in [0.717, 1.165) is 5.56 Å². The lowest BCUT2D eigenvalue weighted by molar-refractivity contribution is -0.126. The summed E-state index contributed by atoms with van der Waals surface area (Å²) in [5, 5.41) is 11.9. The number of aliphatic hydroxyl groups is 1. The van der Waals surface area contributed by atoms with E-state index in [2.05, 4.69) is 5.32 Å². The summed E-state index contributed by atoms with van der Waals surface area (Å²) in [6.45, 7) is 5.68. The second-order valence-corrected chi connectivity index (χ2v) is 4.55. The van der Waals surface area contributed by atoms with Gasteiger partial charge in [-0.1, -0.05) is 30.3 Å². The van der Waals surface area contributed by atoms with E-state index in [1.807, 2.05) is 44.2 Å². The minimum Gasteiger partial charge on any atom is -0.392 e. The molecular formula is C13H19NO2. The molecule has 0 heterocycles. The fourth-order valence-electron chi connectivity index (χ4n) is 1.45. The molecule has 3 heteroatoms. The van der Waals surface area contributed by atoms with Crippen LogP contribution in [0.3, 0.4) is 0 Å². The Bertz CT molecular complexity index is 344. The van der Waals surface area contributed by atoms with Gasteiger partial charge < -0.3 is 10.4 Å². The number of aliphatic hydroxyl groups excluding tert-OH is 1. The molecule has 3 nitrogen and oxygen atoms in total. The first-order valence-electron chi connectivity index (χ1n) is 5.46. The minimum absolute atomic E-state index is 0.0698. The van der Waals surface area contributed by atoms with Gasteiger partial charge >= 0.3 is 0 Å². The van der Waals surface area contributed by atoms with Crippen LogP contribution in [0.15, 0.2) is 30.3 Å². The molecule has 1 unspecified atom stereocenters. The molecule has 88 valence electrons. The first-order chi connectivity index (χ1) is 7.44. The molecule has 0 bridgehead atoms. The van der Waals surface area contributed by atoms with Gasteiger partial charge in [-0.2, -0.15) is 0 Å². The number of rotatable bonds is 4. The van der Waals surface area contributed by atoms with E-state index >= 15 is 0 Å². The lowest BCUT2D eigenvalue weighted by Gasteiger charge is -2.24. The van der Waals surface area contributed by atoms with Crippen LogP contribution < -0.4 is 5.32 Å². The van der Waals surface area contributed by atoms with Crippen molar-refractivity contribution in [1.82, 2.24) is 5.32 Å². The van der Waals surface area contributed by atoms with Crippen LogP contribution in [-0.2, 0) is 10.2 Å². The molecule has 1 aromatic carbocycles. The molecule has 1 aromatic rings. The number of hydrogen-bond acceptors (Lipinski definition) is 2. The van der Waals surface area contributed by atoms with Crippen molar-refractivity contribution in [3.05, 3.63) is 35.9 Å². The van der Waals surface area contributed by atoms with Crippen molar-refractivity contribution < 1.29 is 9.90 Å². The number of benzene rings is 1. The van der Waals surface area contributed by atoms with Crippen LogP contribution in [0.5, 0.6) is 0 Å². The van der Waals surface area contributed by atoms with E-state index in [4.69, 9.17) is 5.11 Å². The van der Waals surface area contributed by atoms with Gasteiger partial charge in [0.25, 0.3) is 0 Å². The number of amides is 1. The van der Waals surface area contributed by atoms with Gasteiger partial charge in [-0.25, -0.2) is 0 Å². The van der Waals surface area contributed by atoms with E-state index in [1.165, 1.54) is 0 Å². The van der Waals surface area contributed by atoms with Crippen LogP contribution >= 0.6 is 0 Å². The van der Waals surface area contributed by atoms with Gasteiger partial charge in [0.15, 0.2) is 0 Å². The minimum atomic E-state index is -0.573. The summed E-state index contributed by atoms with van der Waals surface area (Å²) in [6, 6.07) is 9.62. The first kappa shape index (κ1) is 12.7. The predicted molar refractivity (Wildman–Crippen MR) is 64.2 cm³/mol. The van der Waals surface area contributed by atoms with Crippen molar-refractivity contribution in [2.24, 2.45) is 0 Å². The third kappa shape index (κ3) is 3.07. The Kier molecular flexibility index (Phi) is 4.07. The zero-order valence-corrected chi connectivity index (χ0v) is 10.0. The Morgan fingerprint density at radius 2 is 1.94 bits per heavy atom. The Morgan fingerprint density at radius 1 is 1.38 bits per heavy atom. The maximum Gasteiger partial charge on any atom is 0.230 e. The average molecular weight is 221 g/mol. The van der Waals surface area contributed by atoms with E-state index in [9.17, 15) is 4.79 Å². The fraction of sp³-hybridized carbons (Fsp3) is 0.462. The molecular weight excluding hydrogens is 202 g/mol. The normalized spacial score (nSPS) is 13.2. The lowest BCUT2D eigenvalue weighted by atomic mass is 9.84. The third-order valence-corrected chi connectivity index (χ3v) is 2.62. The van der Waals surface area contributed by atoms with E-state index < -0.39 is 11.5 Å². The highest BCUT2D eigenvalue weighted by molar-refractivity contribution is 5.87. The summed E-state index contributed by atoms with van der Waals surface area (Å²) >= 11 is 0. The maximum absolute atomic E-state index is 11.9. The van der Waals surface area contributed by atoms with Gasteiger partial charge in [-0.15, -0.1) is 0 Å². The maximum atomic E-state index is 11.9. The molecule has 0 radical (unpaired) electrons. The molecule has 0 saturated heterocycles. The summed E-state index contributed by atoms with van der Waals surface area (Å²) in [5.41, 5.74) is 0.397. The van der Waals surface area contributed by atoms with Crippen LogP contribution in [0.4, 0.5) is 0 Å². The van der Waals surface area contributed by atoms with Crippen molar-refractivity contribution in [3.63, 3.8) is 0 Å². The molecule has 0 aliphatic carbocycles. The van der Waals surface area contributed by atoms with Gasteiger partial charge in [-0.05, 0) is 26.3 Å². The van der Waals surface area contributed by atoms with Crippen molar-refractivity contribution in [3.8, 4) is 0 Å². The van der Waals surface area contributed by atoms with Crippen molar-refractivity contribution in [1.29, 1.82) is 0 Å². The molecule has 0 aliphatic rings. The summed E-state index contributed by atoms with van der Waals surface area (Å²) < 4.78 is 0. The number of nitrogens with one attached hydrogen (secondary N) is 1. The van der Waals surface area contributed by atoms with Crippen molar-refractivity contribution >= 4 is 5.91 Å². The molecule has 0 saturated carbocycles. The third-order valence-electron chi connectivity index (χ3n) is 2.62. The van der Waals surface area contributed by atoms with Gasteiger partial charge in [0, 0.05) is 6.54 Å². The number of carbonyl (C=O) groups is 1. The smallest absolute Gasteiger partial charge is 0.230 e. The molecule has 2 N–H and O–H groups in total. The topological polar surface area (TPSA) is 49.3 Å². The molecule has 0 aliphatic heterocycles. The average Bonchev–Trinajstić information content (AvgIpc) is 2.27. The molecule has 1 rings (SSSR count). The zero-order valence-electron chi connectivity index (χ0n) is 10.0. The standard InChI is InChI=1S/C13H19NO2/c1-10(15)9-14-12(16)13(2,3)11-7-5-4-6-8-11/h4-8,10,15H,9H2,1-3H3,(H,14,16). The van der Waals surface area contributed by atoms with Crippen LogP contribution in [-0.4, -0.2) is 23.7 Å². The summed E-state index contributed by atoms with van der Waals surface area (Å²) in [7, 11) is 0. The fourth-order valence-corrected chi connectivity index (χ4v) is 1.45. The molecule has 16 heavy (non-hydrogen) atoms. The quantitative estimate of drug-likeness (QED) is 0.808. The summed E-state index contributed by atoms with van der Waals surface area (Å²) in [4.78, 5) is 11.9. The summed E-state index contributed by atoms with van der Waals surface area (Å²) in [5.74, 6) is -0.0698. The molecule has 1 amide bonds. The summed E-state index contributed by atoms with van der Waals surface area (Å²) in [6.07, 6.45) is -0.518. The highest BCUT2D eigenvalue weighted by atomic mass is 16.3. The zero-order chi connectivity index (χ0) is 12.2. The molecule has 0 aromatic heterocycles. The lowest BCUT2D eigenvalue weighted by Crippen LogP contribution is -2.42.